The fourth-order valence-electron chi connectivity index (χ4n) is 18.4. The predicted molar refractivity (Wildman–Crippen MR) is 599 cm³/mol. The number of benzene rings is 10. The first-order valence-electron chi connectivity index (χ1n) is 50.3. The van der Waals surface area contributed by atoms with Crippen LogP contribution in [0.1, 0.15) is 99.7 Å². The Morgan fingerprint density at radius 2 is 0.607 bits per heavy atom. The first-order valence-corrected chi connectivity index (χ1v) is 50.6. The number of unbranched alkanes of at least 4 members (excludes halogenated alkanes) is 1. The number of likely N-dealkylation sites (N-methyl/N-ethyl adjacent to an activating group) is 1. The van der Waals surface area contributed by atoms with Crippen LogP contribution in [-0.4, -0.2) is 167 Å². The Morgan fingerprint density at radius 1 is 0.340 bits per heavy atom. The van der Waals surface area contributed by atoms with Crippen LogP contribution in [0, 0.1) is 34.6 Å². The molecular weight excluding hydrogens is 1910 g/mol. The Kier molecular flexibility index (Phi) is 34.9. The molecule has 5 aromatic heterocycles. The van der Waals surface area contributed by atoms with Crippen molar-refractivity contribution in [2.24, 2.45) is 25.0 Å². The first-order chi connectivity index (χ1) is 72.5. The van der Waals surface area contributed by atoms with E-state index < -0.39 is 6.10 Å². The highest BCUT2D eigenvalue weighted by molar-refractivity contribution is 6.31. The number of H-pyrrole nitrogens is 5. The van der Waals surface area contributed by atoms with Gasteiger partial charge in [-0.05, 0) is 241 Å². The van der Waals surface area contributed by atoms with Gasteiger partial charge in [-0.15, -0.1) is 0 Å². The van der Waals surface area contributed by atoms with Gasteiger partial charge in [0.25, 0.3) is 27.8 Å². The van der Waals surface area contributed by atoms with E-state index in [0.29, 0.717) is 115 Å². The van der Waals surface area contributed by atoms with Crippen molar-refractivity contribution in [2.75, 3.05) is 127 Å². The van der Waals surface area contributed by atoms with E-state index in [4.69, 9.17) is 16.7 Å². The normalized spacial score (nSPS) is 12.4. The second kappa shape index (κ2) is 49.3. The third kappa shape index (κ3) is 26.0. The number of nitrogens with one attached hydrogen (secondary N) is 8. The molecule has 0 amide bonds. The number of nitrogens with zero attached hydrogens (tertiary/aromatic N) is 16. The van der Waals surface area contributed by atoms with Crippen LogP contribution in [0.4, 0.5) is 103 Å². The lowest BCUT2D eigenvalue weighted by Gasteiger charge is -2.29. The van der Waals surface area contributed by atoms with E-state index in [1.54, 1.807) is 0 Å². The molecular formula is C116H125ClN24O9. The molecule has 33 nitrogen and oxygen atoms in total. The van der Waals surface area contributed by atoms with E-state index in [2.05, 4.69) is 245 Å². The van der Waals surface area contributed by atoms with E-state index in [0.717, 1.165) is 193 Å². The quantitative estimate of drug-likeness (QED) is 0.0170. The second-order valence-electron chi connectivity index (χ2n) is 37.6. The number of aromatic amines is 5. The smallest absolute Gasteiger partial charge is 0.279 e. The fourth-order valence-corrected chi connectivity index (χ4v) is 18.6. The van der Waals surface area contributed by atoms with Crippen molar-refractivity contribution in [1.29, 1.82) is 0 Å². The Morgan fingerprint density at radius 3 is 0.900 bits per heavy atom. The van der Waals surface area contributed by atoms with Crippen LogP contribution in [0.15, 0.2) is 261 Å². The minimum atomic E-state index is -0.855. The molecule has 150 heavy (non-hydrogen) atoms. The number of fused-ring (bicyclic) bond motifs is 10. The summed E-state index contributed by atoms with van der Waals surface area (Å²) < 4.78 is 0. The number of anilines is 13. The third-order valence-electron chi connectivity index (χ3n) is 26.1. The summed E-state index contributed by atoms with van der Waals surface area (Å²) in [5, 5.41) is 49.9. The molecule has 770 valence electrons. The fraction of sp³-hybridized carbons (Fsp3) is 0.267. The number of hydrogen-bond donors (Lipinski definition) is 12. The van der Waals surface area contributed by atoms with Crippen molar-refractivity contribution in [3.63, 3.8) is 0 Å². The lowest BCUT2D eigenvalue weighted by molar-refractivity contribution is 0.105. The number of aromatic nitrogens is 10. The van der Waals surface area contributed by atoms with Gasteiger partial charge in [0.1, 0.15) is 27.4 Å². The van der Waals surface area contributed by atoms with Gasteiger partial charge in [-0.1, -0.05) is 196 Å². The standard InChI is InChI=1S/C25H30N6O.C24H27N5O3.C23H25N5O2.C22H21ClN4O.C22H22N4O2/c1-17-15-21-22(16-20(17)26-12-14-30(3)4)31(13-8-11-19-9-6-5-7-10-19)24-23(29-21)25(32)28-18(2)27-24;1-15-11-20-21(12-19(15)25-13-18(31)14-30)29(10-6-9-17-7-4-3-5-8-17)23-22(28-20)24(32)27-16(2)26-23;1-15-13-19-20(14-18(15)24-10-12-29)28(11-6-9-17-7-4-3-5-8-17)22-21(27-19)23(30)26-16(2)25-22;1-14-12-18-19(13-17(14)23)27(11-7-6-10-16-8-4-3-5-9-16)21-20(26-18)22(28)25-15(2)24-21;1-14-11-18-19(12-17(14)13-27)26(10-6-9-16-7-4-3-5-8-16)21-20(25-18)22(28)24-15(2)23-21/h5-7,9-10,15-16,26H,2,8,11-14H2,1,3-4H3,(H,28,32);3-5,7-8,11-12,18,25,30-31H,2,6,9-10,13-14H2,1H3,(H,27,32);3-5,7-8,13-14,24,29H,2,6,9-12H2,1H3,(H,26,30);3-5,8-9,12-13H,2,6-7,10-11H2,1H3,(H,25,28);3-5,7-8,11-12,27H,2,6,9-10,13H2,1H3,(H,24,28). The largest absolute Gasteiger partial charge is 0.395 e. The summed E-state index contributed by atoms with van der Waals surface area (Å²) in [6.07, 6.45) is 9.33. The molecule has 1 unspecified atom stereocenters. The van der Waals surface area contributed by atoms with E-state index >= 15 is 0 Å². The van der Waals surface area contributed by atoms with Crippen LogP contribution in [0.3, 0.4) is 0 Å². The summed E-state index contributed by atoms with van der Waals surface area (Å²) in [6, 6.07) is 71.4. The first kappa shape index (κ1) is 106. The number of aliphatic hydroxyl groups excluding tert-OH is 4. The molecule has 34 heteroatoms. The van der Waals surface area contributed by atoms with Gasteiger partial charge < -0.3 is 90.7 Å². The highest BCUT2D eigenvalue weighted by Crippen LogP contribution is 2.45. The monoisotopic (exact) mass is 2030 g/mol. The average Bonchev–Trinajstić information content (AvgIpc) is 0.767. The highest BCUT2D eigenvalue weighted by atomic mass is 35.5. The van der Waals surface area contributed by atoms with Crippen molar-refractivity contribution in [3.8, 4) is 0 Å². The maximum absolute atomic E-state index is 12.6. The van der Waals surface area contributed by atoms with Gasteiger partial charge in [-0.25, -0.2) is 49.9 Å². The second-order valence-corrected chi connectivity index (χ2v) is 38.0. The van der Waals surface area contributed by atoms with Crippen molar-refractivity contribution in [1.82, 2.24) is 54.7 Å². The highest BCUT2D eigenvalue weighted by Gasteiger charge is 2.31. The van der Waals surface area contributed by atoms with E-state index in [1.807, 2.05) is 169 Å². The van der Waals surface area contributed by atoms with E-state index in [9.17, 15) is 39.3 Å². The molecule has 10 heterocycles. The van der Waals surface area contributed by atoms with E-state index in [-0.39, 0.29) is 65.0 Å². The zero-order chi connectivity index (χ0) is 106. The molecule has 20 rings (SSSR count). The molecule has 15 aromatic rings. The van der Waals surface area contributed by atoms with Crippen LogP contribution in [0.2, 0.25) is 5.02 Å². The summed E-state index contributed by atoms with van der Waals surface area (Å²) in [6.45, 7) is 34.4. The number of hydrogen-bond acceptors (Lipinski definition) is 28. The van der Waals surface area contributed by atoms with Crippen LogP contribution in [0.5, 0.6) is 0 Å². The molecule has 5 aliphatic rings. The Hall–Kier alpha value is -16.6. The van der Waals surface area contributed by atoms with E-state index in [1.165, 1.54) is 27.8 Å². The van der Waals surface area contributed by atoms with Gasteiger partial charge in [-0.3, -0.25) is 24.0 Å². The maximum atomic E-state index is 12.6. The van der Waals surface area contributed by atoms with Crippen molar-refractivity contribution in [3.05, 3.63) is 384 Å². The molecule has 0 aliphatic carbocycles. The lowest BCUT2D eigenvalue weighted by Crippen LogP contribution is -2.42. The number of halogens is 1. The topological polar surface area (TPSA) is 427 Å². The number of aryl methyl sites for hydroxylation is 10. The molecule has 0 spiro atoms. The van der Waals surface area contributed by atoms with Crippen molar-refractivity contribution >= 4 is 148 Å². The van der Waals surface area contributed by atoms with Crippen molar-refractivity contribution < 1.29 is 20.4 Å². The molecule has 5 aliphatic heterocycles. The predicted octanol–water partition coefficient (Wildman–Crippen LogP) is 11.3. The van der Waals surface area contributed by atoms with Gasteiger partial charge >= 0.3 is 0 Å². The maximum Gasteiger partial charge on any atom is 0.279 e. The minimum absolute atomic E-state index is 0.0479. The zero-order valence-electron chi connectivity index (χ0n) is 85.4. The molecule has 0 bridgehead atoms. The summed E-state index contributed by atoms with van der Waals surface area (Å²) in [7, 11) is 4.12. The lowest BCUT2D eigenvalue weighted by atomic mass is 10.0. The molecule has 12 N–H and O–H groups in total. The van der Waals surface area contributed by atoms with Crippen LogP contribution < -0.4 is 122 Å². The number of aliphatic hydroxyl groups is 4. The molecule has 0 saturated carbocycles. The summed E-state index contributed by atoms with van der Waals surface area (Å²) in [5.74, 6) is 2.65. The zero-order valence-corrected chi connectivity index (χ0v) is 86.2. The van der Waals surface area contributed by atoms with Gasteiger partial charge in [0.05, 0.1) is 82.8 Å². The van der Waals surface area contributed by atoms with Gasteiger partial charge in [-0.2, -0.15) is 0 Å². The third-order valence-corrected chi connectivity index (χ3v) is 26.5. The average molecular weight is 2030 g/mol. The van der Waals surface area contributed by atoms with Crippen LogP contribution in [-0.2, 0) is 38.7 Å². The van der Waals surface area contributed by atoms with Gasteiger partial charge in [0.15, 0.2) is 55.9 Å². The Labute approximate surface area is 871 Å². The van der Waals surface area contributed by atoms with Crippen LogP contribution in [0.25, 0.3) is 32.9 Å². The Bertz CT molecular complexity index is 8400. The molecule has 0 fully saturated rings. The van der Waals surface area contributed by atoms with Gasteiger partial charge in [0, 0.05) is 81.0 Å². The summed E-state index contributed by atoms with van der Waals surface area (Å²) in [4.78, 5) is 134. The number of rotatable bonds is 33. The molecule has 0 saturated heterocycles. The molecule has 0 radical (unpaired) electrons. The summed E-state index contributed by atoms with van der Waals surface area (Å²) in [5.41, 5.74) is 23.1. The molecule has 1 atom stereocenters. The van der Waals surface area contributed by atoms with Gasteiger partial charge in [0.2, 0.25) is 0 Å². The SMILES string of the molecule is C=c1nc2c(c(=O)[nH]1)=Nc1cc(C)c(CO)cc1N2CCCc1ccccc1.C=c1nc2c(c(=O)[nH]1)=Nc1cc(C)c(Cl)cc1N2CCCCc1ccccc1.C=c1nc2c(c(=O)[nH]1)=Nc1cc(C)c(NCC(O)CO)cc1N2CCCc1ccccc1.C=c1nc2c(c(=O)[nH]1)=Nc1cc(C)c(NCCN(C)C)cc1N2CCCc1ccccc1.C=c1nc2c(c(=O)[nH]1)=Nc1cc(C)c(NCCO)cc1N2CCCc1ccccc1. The van der Waals surface area contributed by atoms with Crippen molar-refractivity contribution in [2.45, 2.75) is 118 Å². The summed E-state index contributed by atoms with van der Waals surface area (Å²) >= 11 is 6.37. The Balaban J connectivity index is 0.000000134. The van der Waals surface area contributed by atoms with Crippen LogP contribution >= 0.6 is 11.6 Å². The minimum Gasteiger partial charge on any atom is -0.395 e. The molecule has 10 aromatic carbocycles.